The molecule has 3 nitrogen and oxygen atoms in total. The monoisotopic (exact) mass is 348 g/mol. The van der Waals surface area contributed by atoms with E-state index in [-0.39, 0.29) is 19.3 Å². The number of sulfone groups is 1. The summed E-state index contributed by atoms with van der Waals surface area (Å²) >= 11 is 0. The van der Waals surface area contributed by atoms with E-state index < -0.39 is 37.7 Å². The van der Waals surface area contributed by atoms with E-state index in [1.54, 1.807) is 6.07 Å². The molecule has 2 heterocycles. The van der Waals surface area contributed by atoms with Crippen molar-refractivity contribution in [3.05, 3.63) is 35.4 Å². The quantitative estimate of drug-likeness (QED) is 0.893. The van der Waals surface area contributed by atoms with Gasteiger partial charge in [0.25, 0.3) is 0 Å². The summed E-state index contributed by atoms with van der Waals surface area (Å²) in [6, 6.07) is 4.90. The van der Waals surface area contributed by atoms with Gasteiger partial charge in [-0.25, -0.2) is 8.42 Å². The lowest BCUT2D eigenvalue weighted by Crippen LogP contribution is -2.52. The van der Waals surface area contributed by atoms with Crippen molar-refractivity contribution < 1.29 is 26.7 Å². The largest absolute Gasteiger partial charge is 0.416 e. The third kappa shape index (κ3) is 3.26. The fraction of sp³-hybridized carbons (Fsp3) is 0.625. The molecule has 2 aliphatic rings. The topological polar surface area (TPSA) is 54.4 Å². The molecule has 2 fully saturated rings. The number of fused-ring (bicyclic) bond motifs is 2. The lowest BCUT2D eigenvalue weighted by atomic mass is 9.81. The summed E-state index contributed by atoms with van der Waals surface area (Å²) in [5, 5.41) is 9.68. The third-order valence-corrected chi connectivity index (χ3v) is 7.65. The average Bonchev–Trinajstić information content (AvgIpc) is 2.40. The first-order chi connectivity index (χ1) is 10.6. The molecular weight excluding hydrogens is 329 g/mol. The summed E-state index contributed by atoms with van der Waals surface area (Å²) in [5.41, 5.74) is -1.60. The second kappa shape index (κ2) is 5.48. The molecule has 2 aliphatic heterocycles. The minimum Gasteiger partial charge on any atom is -0.389 e. The lowest BCUT2D eigenvalue weighted by Gasteiger charge is -2.44. The fourth-order valence-corrected chi connectivity index (χ4v) is 6.54. The van der Waals surface area contributed by atoms with Crippen LogP contribution in [0.15, 0.2) is 24.3 Å². The molecule has 0 aliphatic carbocycles. The van der Waals surface area contributed by atoms with Gasteiger partial charge in [0.15, 0.2) is 9.84 Å². The number of rotatable bonds is 2. The Kier molecular flexibility index (Phi) is 3.99. The van der Waals surface area contributed by atoms with Gasteiger partial charge in [0.05, 0.1) is 21.7 Å². The minimum atomic E-state index is -4.43. The Labute approximate surface area is 133 Å². The predicted molar refractivity (Wildman–Crippen MR) is 79.7 cm³/mol. The highest BCUT2D eigenvalue weighted by Crippen LogP contribution is 2.43. The summed E-state index contributed by atoms with van der Waals surface area (Å²) in [6.07, 6.45) is -2.25. The average molecular weight is 348 g/mol. The van der Waals surface area contributed by atoms with E-state index >= 15 is 0 Å². The molecule has 1 N–H and O–H groups in total. The normalized spacial score (nSPS) is 33.4. The van der Waals surface area contributed by atoms with Gasteiger partial charge in [0, 0.05) is 6.42 Å². The standard InChI is InChI=1S/C16H19F3O3S/c17-16(18,19)12-4-1-3-11(7-12)8-15(20)9-13-5-2-6-14(10-15)23(13,21)22/h1,3-4,7,13-14,20H,2,5-6,8-10H2. The molecule has 0 aromatic heterocycles. The Bertz CT molecular complexity index is 677. The Morgan fingerprint density at radius 2 is 1.78 bits per heavy atom. The fourth-order valence-electron chi connectivity index (χ4n) is 3.92. The lowest BCUT2D eigenvalue weighted by molar-refractivity contribution is -0.137. The van der Waals surface area contributed by atoms with Crippen LogP contribution < -0.4 is 0 Å². The smallest absolute Gasteiger partial charge is 0.389 e. The van der Waals surface area contributed by atoms with Crippen molar-refractivity contribution in [3.8, 4) is 0 Å². The highest BCUT2D eigenvalue weighted by molar-refractivity contribution is 7.92. The zero-order valence-electron chi connectivity index (χ0n) is 12.5. The Balaban J connectivity index is 1.83. The van der Waals surface area contributed by atoms with Crippen molar-refractivity contribution in [1.29, 1.82) is 0 Å². The maximum Gasteiger partial charge on any atom is 0.416 e. The van der Waals surface area contributed by atoms with Crippen LogP contribution in [0.25, 0.3) is 0 Å². The number of benzene rings is 1. The third-order valence-electron chi connectivity index (χ3n) is 4.98. The summed E-state index contributed by atoms with van der Waals surface area (Å²) in [4.78, 5) is 0. The van der Waals surface area contributed by atoms with Gasteiger partial charge in [-0.3, -0.25) is 0 Å². The van der Waals surface area contributed by atoms with Crippen molar-refractivity contribution in [2.24, 2.45) is 0 Å². The van der Waals surface area contributed by atoms with Crippen LogP contribution in [0.3, 0.4) is 0 Å². The van der Waals surface area contributed by atoms with Gasteiger partial charge in [-0.1, -0.05) is 24.6 Å². The molecule has 3 rings (SSSR count). The van der Waals surface area contributed by atoms with E-state index in [1.165, 1.54) is 6.07 Å². The van der Waals surface area contributed by atoms with Crippen molar-refractivity contribution in [2.45, 2.75) is 60.8 Å². The Morgan fingerprint density at radius 3 is 2.35 bits per heavy atom. The van der Waals surface area contributed by atoms with Crippen molar-refractivity contribution >= 4 is 9.84 Å². The molecule has 2 bridgehead atoms. The maximum atomic E-state index is 12.8. The van der Waals surface area contributed by atoms with Crippen LogP contribution in [0, 0.1) is 0 Å². The number of halogens is 3. The molecule has 2 saturated heterocycles. The van der Waals surface area contributed by atoms with Gasteiger partial charge in [-0.2, -0.15) is 13.2 Å². The van der Waals surface area contributed by atoms with E-state index in [9.17, 15) is 26.7 Å². The SMILES string of the molecule is O=S1(=O)C2CCCC1CC(O)(Cc1cccc(C(F)(F)F)c1)C2. The van der Waals surface area contributed by atoms with E-state index in [0.717, 1.165) is 18.6 Å². The van der Waals surface area contributed by atoms with E-state index in [1.807, 2.05) is 0 Å². The first-order valence-corrected chi connectivity index (χ1v) is 9.32. The van der Waals surface area contributed by atoms with Crippen LogP contribution in [-0.2, 0) is 22.4 Å². The molecule has 7 heteroatoms. The van der Waals surface area contributed by atoms with Crippen molar-refractivity contribution in [2.75, 3.05) is 0 Å². The van der Waals surface area contributed by atoms with E-state index in [2.05, 4.69) is 0 Å². The predicted octanol–water partition coefficient (Wildman–Crippen LogP) is 3.11. The molecule has 0 spiro atoms. The summed E-state index contributed by atoms with van der Waals surface area (Å²) in [6.45, 7) is 0. The van der Waals surface area contributed by atoms with Gasteiger partial charge in [0.1, 0.15) is 0 Å². The second-order valence-corrected chi connectivity index (χ2v) is 9.28. The highest BCUT2D eigenvalue weighted by Gasteiger charge is 2.50. The molecular formula is C16H19F3O3S. The van der Waals surface area contributed by atoms with Crippen LogP contribution >= 0.6 is 0 Å². The Hall–Kier alpha value is -1.08. The van der Waals surface area contributed by atoms with Crippen LogP contribution in [-0.4, -0.2) is 29.6 Å². The van der Waals surface area contributed by atoms with Crippen LogP contribution in [0.5, 0.6) is 0 Å². The summed E-state index contributed by atoms with van der Waals surface area (Å²) in [5.74, 6) is 0. The van der Waals surface area contributed by atoms with Crippen LogP contribution in [0.1, 0.15) is 43.2 Å². The number of hydrogen-bond donors (Lipinski definition) is 1. The van der Waals surface area contributed by atoms with Gasteiger partial charge in [-0.05, 0) is 37.3 Å². The van der Waals surface area contributed by atoms with Crippen molar-refractivity contribution in [1.82, 2.24) is 0 Å². The van der Waals surface area contributed by atoms with Gasteiger partial charge < -0.3 is 5.11 Å². The van der Waals surface area contributed by atoms with Crippen LogP contribution in [0.2, 0.25) is 0 Å². The first-order valence-electron chi connectivity index (χ1n) is 7.71. The summed E-state index contributed by atoms with van der Waals surface area (Å²) in [7, 11) is -3.20. The van der Waals surface area contributed by atoms with Gasteiger partial charge in [-0.15, -0.1) is 0 Å². The second-order valence-electron chi connectivity index (χ2n) is 6.77. The zero-order valence-corrected chi connectivity index (χ0v) is 13.3. The molecule has 0 amide bonds. The zero-order chi connectivity index (χ0) is 16.9. The molecule has 2 atom stereocenters. The van der Waals surface area contributed by atoms with Crippen LogP contribution in [0.4, 0.5) is 13.2 Å². The molecule has 1 aromatic rings. The molecule has 23 heavy (non-hydrogen) atoms. The number of hydrogen-bond acceptors (Lipinski definition) is 3. The van der Waals surface area contributed by atoms with E-state index in [4.69, 9.17) is 0 Å². The minimum absolute atomic E-state index is 0.0550. The van der Waals surface area contributed by atoms with E-state index in [0.29, 0.717) is 18.4 Å². The van der Waals surface area contributed by atoms with Gasteiger partial charge in [0.2, 0.25) is 0 Å². The first kappa shape index (κ1) is 16.8. The van der Waals surface area contributed by atoms with Crippen molar-refractivity contribution in [3.63, 3.8) is 0 Å². The Morgan fingerprint density at radius 1 is 1.17 bits per heavy atom. The maximum absolute atomic E-state index is 12.8. The molecule has 128 valence electrons. The highest BCUT2D eigenvalue weighted by atomic mass is 32.2. The number of alkyl halides is 3. The summed E-state index contributed by atoms with van der Waals surface area (Å²) < 4.78 is 62.9. The molecule has 2 unspecified atom stereocenters. The molecule has 0 radical (unpaired) electrons. The van der Waals surface area contributed by atoms with Gasteiger partial charge >= 0.3 is 6.18 Å². The number of aliphatic hydroxyl groups is 1. The molecule has 0 saturated carbocycles. The molecule has 1 aromatic carbocycles.